The molecule has 1 aliphatic heterocycles. The first-order valence-corrected chi connectivity index (χ1v) is 7.69. The summed E-state index contributed by atoms with van der Waals surface area (Å²) in [7, 11) is 0. The molecule has 23 heavy (non-hydrogen) atoms. The Kier molecular flexibility index (Phi) is 5.17. The highest BCUT2D eigenvalue weighted by atomic mass is 32.1. The van der Waals surface area contributed by atoms with Crippen molar-refractivity contribution in [1.82, 2.24) is 14.2 Å². The topological polar surface area (TPSA) is 102 Å². The average molecular weight is 337 g/mol. The number of amides is 1. The van der Waals surface area contributed by atoms with Gasteiger partial charge in [-0.3, -0.25) is 4.79 Å². The number of morpholine rings is 1. The van der Waals surface area contributed by atoms with Gasteiger partial charge in [0.25, 0.3) is 11.8 Å². The number of carbonyl (C=O) groups is 1. The van der Waals surface area contributed by atoms with E-state index in [1.54, 1.807) is 12.1 Å². The lowest BCUT2D eigenvalue weighted by Gasteiger charge is -2.26. The van der Waals surface area contributed by atoms with Crippen LogP contribution in [0.15, 0.2) is 27.9 Å². The van der Waals surface area contributed by atoms with Crippen molar-refractivity contribution in [2.75, 3.05) is 37.8 Å². The molecule has 122 valence electrons. The van der Waals surface area contributed by atoms with Gasteiger partial charge < -0.3 is 18.8 Å². The van der Waals surface area contributed by atoms with Gasteiger partial charge in [-0.2, -0.15) is 9.47 Å². The summed E-state index contributed by atoms with van der Waals surface area (Å²) in [5.41, 5.74) is 2.35. The Balaban J connectivity index is 1.48. The molecular weight excluding hydrogens is 322 g/mol. The normalized spacial score (nSPS) is 15.0. The van der Waals surface area contributed by atoms with Gasteiger partial charge in [0.05, 0.1) is 37.4 Å². The van der Waals surface area contributed by atoms with E-state index >= 15 is 0 Å². The van der Waals surface area contributed by atoms with Crippen molar-refractivity contribution in [2.45, 2.75) is 0 Å². The van der Waals surface area contributed by atoms with Crippen LogP contribution in [0.25, 0.3) is 0 Å². The zero-order valence-corrected chi connectivity index (χ0v) is 13.0. The fraction of sp³-hybridized carbons (Fsp3) is 0.385. The molecule has 0 radical (unpaired) electrons. The highest BCUT2D eigenvalue weighted by Crippen LogP contribution is 2.26. The third-order valence-corrected chi connectivity index (χ3v) is 3.52. The Morgan fingerprint density at radius 2 is 2.35 bits per heavy atom. The van der Waals surface area contributed by atoms with Crippen LogP contribution < -0.4 is 15.1 Å². The first-order valence-electron chi connectivity index (χ1n) is 6.96. The summed E-state index contributed by atoms with van der Waals surface area (Å²) in [6.07, 6.45) is 2.93. The van der Waals surface area contributed by atoms with Crippen LogP contribution in [0.1, 0.15) is 5.76 Å². The SMILES string of the molecule is O=C(COc1nsnc1N1CCOCC1)NN=Cc1ccco1. The zero-order valence-electron chi connectivity index (χ0n) is 12.2. The number of hydrazone groups is 1. The van der Waals surface area contributed by atoms with E-state index in [1.165, 1.54) is 12.5 Å². The fourth-order valence-electron chi connectivity index (χ4n) is 1.93. The number of hydrogen-bond donors (Lipinski definition) is 1. The zero-order chi connectivity index (χ0) is 15.9. The van der Waals surface area contributed by atoms with Gasteiger partial charge in [0.15, 0.2) is 6.61 Å². The number of nitrogens with zero attached hydrogens (tertiary/aromatic N) is 4. The maximum Gasteiger partial charge on any atom is 0.278 e. The van der Waals surface area contributed by atoms with Crippen LogP contribution >= 0.6 is 11.7 Å². The molecule has 10 heteroatoms. The third-order valence-electron chi connectivity index (χ3n) is 3.02. The summed E-state index contributed by atoms with van der Waals surface area (Å²) in [4.78, 5) is 13.7. The molecule has 0 spiro atoms. The van der Waals surface area contributed by atoms with Crippen molar-refractivity contribution in [2.24, 2.45) is 5.10 Å². The molecule has 0 aliphatic carbocycles. The van der Waals surface area contributed by atoms with Crippen molar-refractivity contribution in [3.05, 3.63) is 24.2 Å². The number of rotatable bonds is 6. The van der Waals surface area contributed by atoms with E-state index in [1.807, 2.05) is 4.90 Å². The Morgan fingerprint density at radius 3 is 3.13 bits per heavy atom. The van der Waals surface area contributed by atoms with Gasteiger partial charge in [-0.25, -0.2) is 5.43 Å². The van der Waals surface area contributed by atoms with E-state index in [4.69, 9.17) is 13.9 Å². The summed E-state index contributed by atoms with van der Waals surface area (Å²) in [6, 6.07) is 3.45. The van der Waals surface area contributed by atoms with E-state index in [2.05, 4.69) is 19.3 Å². The smallest absolute Gasteiger partial charge is 0.278 e. The Hall–Kier alpha value is -2.46. The van der Waals surface area contributed by atoms with Crippen LogP contribution in [0, 0.1) is 0 Å². The predicted molar refractivity (Wildman–Crippen MR) is 82.9 cm³/mol. The quantitative estimate of drug-likeness (QED) is 0.605. The Labute approximate surface area is 136 Å². The first-order chi connectivity index (χ1) is 11.3. The van der Waals surface area contributed by atoms with Gasteiger partial charge >= 0.3 is 0 Å². The molecule has 1 saturated heterocycles. The van der Waals surface area contributed by atoms with Gasteiger partial charge in [-0.05, 0) is 12.1 Å². The molecule has 1 N–H and O–H groups in total. The van der Waals surface area contributed by atoms with Crippen LogP contribution in [0.2, 0.25) is 0 Å². The molecule has 0 bridgehead atoms. The highest BCUT2D eigenvalue weighted by Gasteiger charge is 2.20. The van der Waals surface area contributed by atoms with Gasteiger partial charge in [0.1, 0.15) is 5.76 Å². The van der Waals surface area contributed by atoms with Gasteiger partial charge in [0.2, 0.25) is 5.82 Å². The molecule has 2 aromatic rings. The maximum absolute atomic E-state index is 11.7. The molecule has 0 unspecified atom stereocenters. The van der Waals surface area contributed by atoms with Gasteiger partial charge in [-0.1, -0.05) is 0 Å². The van der Waals surface area contributed by atoms with E-state index in [-0.39, 0.29) is 6.61 Å². The third kappa shape index (κ3) is 4.27. The molecule has 0 saturated carbocycles. The second-order valence-corrected chi connectivity index (χ2v) is 5.12. The summed E-state index contributed by atoms with van der Waals surface area (Å²) in [6.45, 7) is 2.53. The molecular formula is C13H15N5O4S. The van der Waals surface area contributed by atoms with Crippen molar-refractivity contribution in [3.8, 4) is 5.88 Å². The van der Waals surface area contributed by atoms with Crippen LogP contribution in [0.4, 0.5) is 5.82 Å². The standard InChI is InChI=1S/C13H15N5O4S/c19-11(15-14-8-10-2-1-5-21-10)9-22-13-12(16-23-17-13)18-3-6-20-7-4-18/h1-2,5,8H,3-4,6-7,9H2,(H,15,19). The predicted octanol–water partition coefficient (Wildman–Crippen LogP) is 0.497. The molecule has 1 amide bonds. The highest BCUT2D eigenvalue weighted by molar-refractivity contribution is 6.99. The molecule has 0 atom stereocenters. The molecule has 2 aromatic heterocycles. The Morgan fingerprint density at radius 1 is 1.48 bits per heavy atom. The van der Waals surface area contributed by atoms with Crippen LogP contribution in [0.5, 0.6) is 5.88 Å². The summed E-state index contributed by atoms with van der Waals surface area (Å²) < 4.78 is 24.1. The number of anilines is 1. The second-order valence-electron chi connectivity index (χ2n) is 4.59. The molecule has 3 heterocycles. The lowest BCUT2D eigenvalue weighted by atomic mass is 10.4. The van der Waals surface area contributed by atoms with Crippen molar-refractivity contribution in [3.63, 3.8) is 0 Å². The number of ether oxygens (including phenoxy) is 2. The van der Waals surface area contributed by atoms with Crippen LogP contribution in [-0.2, 0) is 9.53 Å². The van der Waals surface area contributed by atoms with E-state index in [9.17, 15) is 4.79 Å². The minimum absolute atomic E-state index is 0.196. The van der Waals surface area contributed by atoms with Crippen LogP contribution in [-0.4, -0.2) is 53.8 Å². The lowest BCUT2D eigenvalue weighted by molar-refractivity contribution is -0.123. The second kappa shape index (κ2) is 7.70. The monoisotopic (exact) mass is 337 g/mol. The summed E-state index contributed by atoms with van der Waals surface area (Å²) >= 11 is 1.05. The summed E-state index contributed by atoms with van der Waals surface area (Å²) in [5.74, 6) is 1.14. The molecule has 1 fully saturated rings. The van der Waals surface area contributed by atoms with Gasteiger partial charge in [-0.15, -0.1) is 4.37 Å². The average Bonchev–Trinajstić information content (AvgIpc) is 3.25. The number of nitrogens with one attached hydrogen (secondary N) is 1. The molecule has 9 nitrogen and oxygen atoms in total. The Bertz CT molecular complexity index is 651. The number of carbonyl (C=O) groups excluding carboxylic acids is 1. The maximum atomic E-state index is 11.7. The largest absolute Gasteiger partial charge is 0.464 e. The summed E-state index contributed by atoms with van der Waals surface area (Å²) in [5, 5.41) is 3.77. The number of aromatic nitrogens is 2. The molecule has 3 rings (SSSR count). The molecule has 0 aromatic carbocycles. The minimum atomic E-state index is -0.395. The molecule has 1 aliphatic rings. The van der Waals surface area contributed by atoms with E-state index < -0.39 is 5.91 Å². The van der Waals surface area contributed by atoms with Gasteiger partial charge in [0, 0.05) is 13.1 Å². The van der Waals surface area contributed by atoms with Crippen molar-refractivity contribution in [1.29, 1.82) is 0 Å². The van der Waals surface area contributed by atoms with Crippen LogP contribution in [0.3, 0.4) is 0 Å². The van der Waals surface area contributed by atoms with Crippen molar-refractivity contribution < 1.29 is 18.7 Å². The fourth-order valence-corrected chi connectivity index (χ4v) is 2.45. The number of furan rings is 1. The first kappa shape index (κ1) is 15.4. The minimum Gasteiger partial charge on any atom is -0.464 e. The van der Waals surface area contributed by atoms with Crippen molar-refractivity contribution >= 4 is 29.7 Å². The lowest BCUT2D eigenvalue weighted by Crippen LogP contribution is -2.36. The van der Waals surface area contributed by atoms with E-state index in [0.717, 1.165) is 24.8 Å². The number of hydrogen-bond acceptors (Lipinski definition) is 9. The van der Waals surface area contributed by atoms with E-state index in [0.29, 0.717) is 30.7 Å².